The Morgan fingerprint density at radius 1 is 1.47 bits per heavy atom. The summed E-state index contributed by atoms with van der Waals surface area (Å²) in [7, 11) is 3.24. The van der Waals surface area contributed by atoms with Crippen molar-refractivity contribution in [3.8, 4) is 5.75 Å². The summed E-state index contributed by atoms with van der Waals surface area (Å²) in [6.45, 7) is 0. The number of rotatable bonds is 3. The predicted molar refractivity (Wildman–Crippen MR) is 76.3 cm³/mol. The fourth-order valence-electron chi connectivity index (χ4n) is 1.57. The SMILES string of the molecule is COc1cc(Br)cc(NC(=O)c2cnn(C)c2N)c1. The molecule has 0 saturated heterocycles. The van der Waals surface area contributed by atoms with Gasteiger partial charge in [-0.2, -0.15) is 5.10 Å². The molecule has 0 aliphatic heterocycles. The molecule has 100 valence electrons. The summed E-state index contributed by atoms with van der Waals surface area (Å²) in [5.74, 6) is 0.647. The molecule has 7 heteroatoms. The number of nitrogens with two attached hydrogens (primary N) is 1. The van der Waals surface area contributed by atoms with E-state index in [0.717, 1.165) is 4.47 Å². The van der Waals surface area contributed by atoms with Crippen LogP contribution in [0.4, 0.5) is 11.5 Å². The zero-order valence-electron chi connectivity index (χ0n) is 10.5. The molecule has 3 N–H and O–H groups in total. The van der Waals surface area contributed by atoms with Crippen molar-refractivity contribution in [1.29, 1.82) is 0 Å². The molecule has 1 aromatic carbocycles. The van der Waals surface area contributed by atoms with Crippen LogP contribution in [0.5, 0.6) is 5.75 Å². The number of methoxy groups -OCH3 is 1. The van der Waals surface area contributed by atoms with Crippen molar-refractivity contribution >= 4 is 33.3 Å². The highest BCUT2D eigenvalue weighted by molar-refractivity contribution is 9.10. The van der Waals surface area contributed by atoms with Crippen molar-refractivity contribution in [1.82, 2.24) is 9.78 Å². The average Bonchev–Trinajstić information content (AvgIpc) is 2.69. The van der Waals surface area contributed by atoms with Crippen LogP contribution in [-0.4, -0.2) is 22.8 Å². The number of aromatic nitrogens is 2. The van der Waals surface area contributed by atoms with Gasteiger partial charge in [0.15, 0.2) is 0 Å². The van der Waals surface area contributed by atoms with Crippen molar-refractivity contribution in [2.24, 2.45) is 7.05 Å². The Bertz CT molecular complexity index is 624. The highest BCUT2D eigenvalue weighted by Gasteiger charge is 2.14. The van der Waals surface area contributed by atoms with Crippen molar-refractivity contribution in [2.45, 2.75) is 0 Å². The highest BCUT2D eigenvalue weighted by Crippen LogP contribution is 2.25. The van der Waals surface area contributed by atoms with Crippen LogP contribution in [0.1, 0.15) is 10.4 Å². The molecule has 1 amide bonds. The number of benzene rings is 1. The van der Waals surface area contributed by atoms with E-state index >= 15 is 0 Å². The lowest BCUT2D eigenvalue weighted by Crippen LogP contribution is -2.13. The zero-order valence-corrected chi connectivity index (χ0v) is 12.1. The molecule has 1 heterocycles. The molecule has 6 nitrogen and oxygen atoms in total. The van der Waals surface area contributed by atoms with Crippen LogP contribution in [0.2, 0.25) is 0 Å². The number of amides is 1. The first-order valence-corrected chi connectivity index (χ1v) is 6.24. The van der Waals surface area contributed by atoms with Gasteiger partial charge in [0.25, 0.3) is 5.91 Å². The first-order valence-electron chi connectivity index (χ1n) is 5.44. The maximum atomic E-state index is 12.1. The Hall–Kier alpha value is -2.02. The Morgan fingerprint density at radius 2 is 2.21 bits per heavy atom. The zero-order chi connectivity index (χ0) is 14.0. The van der Waals surface area contributed by atoms with Gasteiger partial charge in [0.05, 0.1) is 13.3 Å². The van der Waals surface area contributed by atoms with Crippen LogP contribution in [0.25, 0.3) is 0 Å². The van der Waals surface area contributed by atoms with E-state index in [-0.39, 0.29) is 5.91 Å². The second kappa shape index (κ2) is 5.31. The van der Waals surface area contributed by atoms with Crippen LogP contribution in [0.15, 0.2) is 28.9 Å². The summed E-state index contributed by atoms with van der Waals surface area (Å²) in [5.41, 5.74) is 6.69. The number of halogens is 1. The summed E-state index contributed by atoms with van der Waals surface area (Å²) in [6, 6.07) is 5.29. The molecule has 2 rings (SSSR count). The second-order valence-corrected chi connectivity index (χ2v) is 4.82. The maximum Gasteiger partial charge on any atom is 0.261 e. The molecule has 0 radical (unpaired) electrons. The van der Waals surface area contributed by atoms with Gasteiger partial charge in [0, 0.05) is 23.3 Å². The first kappa shape index (κ1) is 13.4. The largest absolute Gasteiger partial charge is 0.497 e. The molecule has 0 spiro atoms. The minimum atomic E-state index is -0.314. The molecule has 0 saturated carbocycles. The molecule has 0 atom stereocenters. The van der Waals surface area contributed by atoms with E-state index in [1.54, 1.807) is 32.4 Å². The Morgan fingerprint density at radius 3 is 2.79 bits per heavy atom. The van der Waals surface area contributed by atoms with Gasteiger partial charge in [-0.15, -0.1) is 0 Å². The molecule has 19 heavy (non-hydrogen) atoms. The van der Waals surface area contributed by atoms with Crippen molar-refractivity contribution < 1.29 is 9.53 Å². The van der Waals surface area contributed by atoms with E-state index in [0.29, 0.717) is 22.8 Å². The summed E-state index contributed by atoms with van der Waals surface area (Å²) in [6.07, 6.45) is 1.43. The summed E-state index contributed by atoms with van der Waals surface area (Å²) >= 11 is 3.35. The third kappa shape index (κ3) is 2.87. The number of carbonyl (C=O) groups excluding carboxylic acids is 1. The lowest BCUT2D eigenvalue weighted by molar-refractivity contribution is 0.102. The van der Waals surface area contributed by atoms with Crippen LogP contribution in [-0.2, 0) is 7.05 Å². The normalized spacial score (nSPS) is 10.3. The monoisotopic (exact) mass is 324 g/mol. The molecule has 0 unspecified atom stereocenters. The Labute approximate surface area is 118 Å². The second-order valence-electron chi connectivity index (χ2n) is 3.90. The molecule has 0 bridgehead atoms. The molecular weight excluding hydrogens is 312 g/mol. The van der Waals surface area contributed by atoms with E-state index in [1.165, 1.54) is 10.9 Å². The predicted octanol–water partition coefficient (Wildman–Crippen LogP) is 2.03. The van der Waals surface area contributed by atoms with Crippen LogP contribution in [0.3, 0.4) is 0 Å². The quantitative estimate of drug-likeness (QED) is 0.905. The number of nitrogen functional groups attached to an aromatic ring is 1. The number of nitrogens with zero attached hydrogens (tertiary/aromatic N) is 2. The molecule has 0 aliphatic carbocycles. The molecule has 2 aromatic rings. The first-order chi connectivity index (χ1) is 9.01. The molecule has 0 aliphatic rings. The average molecular weight is 325 g/mol. The number of hydrogen-bond donors (Lipinski definition) is 2. The Kier molecular flexibility index (Phi) is 3.75. The van der Waals surface area contributed by atoms with E-state index in [4.69, 9.17) is 10.5 Å². The summed E-state index contributed by atoms with van der Waals surface area (Å²) in [5, 5.41) is 6.67. The summed E-state index contributed by atoms with van der Waals surface area (Å²) in [4.78, 5) is 12.1. The molecular formula is C12H13BrN4O2. The van der Waals surface area contributed by atoms with E-state index in [2.05, 4.69) is 26.3 Å². The summed E-state index contributed by atoms with van der Waals surface area (Å²) < 4.78 is 7.38. The van der Waals surface area contributed by atoms with Crippen LogP contribution >= 0.6 is 15.9 Å². The number of nitrogens with one attached hydrogen (secondary N) is 1. The van der Waals surface area contributed by atoms with Gasteiger partial charge in [0.1, 0.15) is 17.1 Å². The molecule has 1 aromatic heterocycles. The fourth-order valence-corrected chi connectivity index (χ4v) is 2.05. The number of carbonyl (C=O) groups is 1. The number of anilines is 2. The van der Waals surface area contributed by atoms with E-state index < -0.39 is 0 Å². The Balaban J connectivity index is 2.24. The van der Waals surface area contributed by atoms with Gasteiger partial charge < -0.3 is 15.8 Å². The minimum absolute atomic E-state index is 0.314. The van der Waals surface area contributed by atoms with E-state index in [1.807, 2.05) is 0 Å². The van der Waals surface area contributed by atoms with Crippen LogP contribution < -0.4 is 15.8 Å². The van der Waals surface area contributed by atoms with Gasteiger partial charge in [0.2, 0.25) is 0 Å². The minimum Gasteiger partial charge on any atom is -0.497 e. The van der Waals surface area contributed by atoms with Crippen LogP contribution in [0, 0.1) is 0 Å². The number of hydrogen-bond acceptors (Lipinski definition) is 4. The van der Waals surface area contributed by atoms with Gasteiger partial charge in [-0.1, -0.05) is 15.9 Å². The number of aryl methyl sites for hydroxylation is 1. The van der Waals surface area contributed by atoms with E-state index in [9.17, 15) is 4.79 Å². The molecule has 0 fully saturated rings. The van der Waals surface area contributed by atoms with Crippen molar-refractivity contribution in [3.05, 3.63) is 34.4 Å². The maximum absolute atomic E-state index is 12.1. The van der Waals surface area contributed by atoms with Gasteiger partial charge in [-0.05, 0) is 12.1 Å². The van der Waals surface area contributed by atoms with Crippen molar-refractivity contribution in [3.63, 3.8) is 0 Å². The standard InChI is InChI=1S/C12H13BrN4O2/c1-17-11(14)10(6-15-17)12(18)16-8-3-7(13)4-9(5-8)19-2/h3-6H,14H2,1-2H3,(H,16,18). The smallest absolute Gasteiger partial charge is 0.261 e. The fraction of sp³-hybridized carbons (Fsp3) is 0.167. The third-order valence-electron chi connectivity index (χ3n) is 2.59. The highest BCUT2D eigenvalue weighted by atomic mass is 79.9. The van der Waals surface area contributed by atoms with Gasteiger partial charge >= 0.3 is 0 Å². The van der Waals surface area contributed by atoms with Gasteiger partial charge in [-0.25, -0.2) is 0 Å². The topological polar surface area (TPSA) is 82.2 Å². The number of ether oxygens (including phenoxy) is 1. The lowest BCUT2D eigenvalue weighted by Gasteiger charge is -2.07. The van der Waals surface area contributed by atoms with Crippen molar-refractivity contribution in [2.75, 3.05) is 18.2 Å². The van der Waals surface area contributed by atoms with Gasteiger partial charge in [-0.3, -0.25) is 9.48 Å². The third-order valence-corrected chi connectivity index (χ3v) is 3.05. The lowest BCUT2D eigenvalue weighted by atomic mass is 10.2.